The van der Waals surface area contributed by atoms with Gasteiger partial charge in [0.15, 0.2) is 0 Å². The number of benzene rings is 1. The predicted octanol–water partition coefficient (Wildman–Crippen LogP) is 4.09. The second-order valence-corrected chi connectivity index (χ2v) is 10.4. The zero-order valence-corrected chi connectivity index (χ0v) is 19.8. The Morgan fingerprint density at radius 2 is 1.06 bits per heavy atom. The van der Waals surface area contributed by atoms with E-state index in [1.54, 1.807) is 85.7 Å². The van der Waals surface area contributed by atoms with E-state index >= 15 is 0 Å². The third-order valence-corrected chi connectivity index (χ3v) is 6.04. The number of rotatable bonds is 4. The van der Waals surface area contributed by atoms with Gasteiger partial charge < -0.3 is 30.0 Å². The predicted molar refractivity (Wildman–Crippen MR) is 121 cm³/mol. The molecule has 0 fully saturated rings. The van der Waals surface area contributed by atoms with Crippen LogP contribution in [0.5, 0.6) is 11.5 Å². The maximum Gasteiger partial charge on any atom is 0.341 e. The van der Waals surface area contributed by atoms with Gasteiger partial charge in [-0.25, -0.2) is 9.59 Å². The van der Waals surface area contributed by atoms with Crippen molar-refractivity contribution in [3.8, 4) is 11.5 Å². The Morgan fingerprint density at radius 1 is 0.719 bits per heavy atom. The summed E-state index contributed by atoms with van der Waals surface area (Å²) in [4.78, 5) is 25.6. The molecule has 2 heterocycles. The molecular formula is C24H30N2O6-2. The molecule has 8 heteroatoms. The highest BCUT2D eigenvalue weighted by Gasteiger charge is 2.44. The molecule has 0 aromatic heterocycles. The minimum atomic E-state index is -1.04. The van der Waals surface area contributed by atoms with E-state index in [1.807, 2.05) is 0 Å². The first-order valence-electron chi connectivity index (χ1n) is 10.5. The molecule has 8 nitrogen and oxygen atoms in total. The van der Waals surface area contributed by atoms with E-state index in [1.165, 1.54) is 6.07 Å². The van der Waals surface area contributed by atoms with Crippen LogP contribution in [0.1, 0.15) is 55.4 Å². The number of hydroxylamine groups is 4. The lowest BCUT2D eigenvalue weighted by Gasteiger charge is -2.47. The average molecular weight is 443 g/mol. The van der Waals surface area contributed by atoms with Crippen LogP contribution in [0.15, 0.2) is 47.6 Å². The molecule has 0 amide bonds. The van der Waals surface area contributed by atoms with Crippen LogP contribution in [-0.4, -0.2) is 44.2 Å². The summed E-state index contributed by atoms with van der Waals surface area (Å²) in [6.45, 7) is 13.6. The Morgan fingerprint density at radius 3 is 1.34 bits per heavy atom. The van der Waals surface area contributed by atoms with Crippen molar-refractivity contribution in [2.75, 3.05) is 0 Å². The molecule has 2 aliphatic rings. The number of carbonyl (C=O) groups is 2. The molecule has 0 spiro atoms. The number of esters is 2. The first-order valence-corrected chi connectivity index (χ1v) is 10.5. The molecule has 1 aromatic carbocycles. The van der Waals surface area contributed by atoms with Gasteiger partial charge in [0.1, 0.15) is 11.5 Å². The number of hydrogen-bond acceptors (Lipinski definition) is 8. The average Bonchev–Trinajstić information content (AvgIpc) is 2.95. The summed E-state index contributed by atoms with van der Waals surface area (Å²) in [6.07, 6.45) is 3.22. The summed E-state index contributed by atoms with van der Waals surface area (Å²) < 4.78 is 11.0. The van der Waals surface area contributed by atoms with Crippen molar-refractivity contribution in [3.05, 3.63) is 58.0 Å². The fourth-order valence-electron chi connectivity index (χ4n) is 4.38. The van der Waals surface area contributed by atoms with Crippen molar-refractivity contribution in [1.29, 1.82) is 0 Å². The largest absolute Gasteiger partial charge is 0.784 e. The molecule has 1 aromatic rings. The number of ether oxygens (including phenoxy) is 2. The van der Waals surface area contributed by atoms with E-state index in [2.05, 4.69) is 0 Å². The van der Waals surface area contributed by atoms with Gasteiger partial charge in [0.25, 0.3) is 0 Å². The maximum absolute atomic E-state index is 12.8. The summed E-state index contributed by atoms with van der Waals surface area (Å²) in [5.41, 5.74) is -3.23. The molecule has 32 heavy (non-hydrogen) atoms. The second-order valence-electron chi connectivity index (χ2n) is 10.4. The van der Waals surface area contributed by atoms with E-state index in [-0.39, 0.29) is 22.6 Å². The number of hydrogen-bond donors (Lipinski definition) is 0. The zero-order valence-electron chi connectivity index (χ0n) is 19.8. The third-order valence-electron chi connectivity index (χ3n) is 6.04. The summed E-state index contributed by atoms with van der Waals surface area (Å²) >= 11 is 0. The molecule has 0 saturated heterocycles. The molecule has 3 rings (SSSR count). The van der Waals surface area contributed by atoms with Gasteiger partial charge in [0.05, 0.1) is 11.1 Å². The van der Waals surface area contributed by atoms with Gasteiger partial charge in [-0.1, -0.05) is 18.2 Å². The molecular weight excluding hydrogens is 412 g/mol. The Balaban J connectivity index is 1.77. The molecule has 174 valence electrons. The lowest BCUT2D eigenvalue weighted by molar-refractivity contribution is -0.131. The van der Waals surface area contributed by atoms with Crippen LogP contribution in [0, 0.1) is 10.4 Å². The van der Waals surface area contributed by atoms with Gasteiger partial charge >= 0.3 is 11.9 Å². The Bertz CT molecular complexity index is 942. The van der Waals surface area contributed by atoms with Crippen molar-refractivity contribution in [2.45, 2.75) is 77.5 Å². The molecule has 0 N–H and O–H groups in total. The van der Waals surface area contributed by atoms with Crippen LogP contribution < -0.4 is 9.47 Å². The first-order chi connectivity index (χ1) is 14.5. The van der Waals surface area contributed by atoms with Crippen molar-refractivity contribution in [1.82, 2.24) is 10.1 Å². The normalized spacial score (nSPS) is 23.4. The van der Waals surface area contributed by atoms with E-state index in [4.69, 9.17) is 9.47 Å². The van der Waals surface area contributed by atoms with E-state index < -0.39 is 34.1 Å². The lowest BCUT2D eigenvalue weighted by atomic mass is 9.97. The Kier molecular flexibility index (Phi) is 5.67. The monoisotopic (exact) mass is 442 g/mol. The van der Waals surface area contributed by atoms with Crippen molar-refractivity contribution in [3.63, 3.8) is 0 Å². The highest BCUT2D eigenvalue weighted by molar-refractivity contribution is 5.94. The van der Waals surface area contributed by atoms with Gasteiger partial charge in [-0.2, -0.15) is 0 Å². The molecule has 0 aliphatic carbocycles. The Labute approximate surface area is 188 Å². The topological polar surface area (TPSA) is 105 Å². The Hall–Kier alpha value is -2.52. The molecule has 0 bridgehead atoms. The SMILES string of the molecule is CC1(C)C=C(C(=O)Oc2cccc(OC(=O)C3=CC(C)(C)N([O-])C3(C)C)c2)C(C)(C)N1[O-]. The van der Waals surface area contributed by atoms with Gasteiger partial charge in [-0.15, -0.1) is 0 Å². The van der Waals surface area contributed by atoms with Crippen LogP contribution in [0.2, 0.25) is 0 Å². The van der Waals surface area contributed by atoms with Gasteiger partial charge in [0.2, 0.25) is 0 Å². The van der Waals surface area contributed by atoms with Gasteiger partial charge in [-0.3, -0.25) is 0 Å². The highest BCUT2D eigenvalue weighted by atomic mass is 16.6. The molecule has 0 unspecified atom stereocenters. The van der Waals surface area contributed by atoms with Crippen LogP contribution >= 0.6 is 0 Å². The maximum atomic E-state index is 12.8. The second kappa shape index (κ2) is 7.52. The first kappa shape index (κ1) is 24.1. The molecule has 0 radical (unpaired) electrons. The van der Waals surface area contributed by atoms with E-state index in [0.29, 0.717) is 0 Å². The molecule has 2 aliphatic heterocycles. The quantitative estimate of drug-likeness (QED) is 0.507. The smallest absolute Gasteiger partial charge is 0.341 e. The number of nitrogens with zero attached hydrogens (tertiary/aromatic N) is 2. The van der Waals surface area contributed by atoms with E-state index in [0.717, 1.165) is 10.1 Å². The molecule has 0 atom stereocenters. The van der Waals surface area contributed by atoms with Crippen LogP contribution in [0.3, 0.4) is 0 Å². The summed E-state index contributed by atoms with van der Waals surface area (Å²) in [5, 5.41) is 26.7. The zero-order chi connectivity index (χ0) is 24.3. The standard InChI is InChI=1S/C24H30N2O6/c1-21(2)13-17(23(5,6)25(21)29)19(27)31-15-10-9-11-16(12-15)32-20(28)18-14-22(3,4)26(30)24(18,7)8/h9-14H,1-8H3/q-2. The van der Waals surface area contributed by atoms with Crippen LogP contribution in [0.25, 0.3) is 0 Å². The van der Waals surface area contributed by atoms with Gasteiger partial charge in [0, 0.05) is 28.2 Å². The van der Waals surface area contributed by atoms with Crippen molar-refractivity contribution >= 4 is 11.9 Å². The van der Waals surface area contributed by atoms with Crippen molar-refractivity contribution < 1.29 is 19.1 Å². The minimum Gasteiger partial charge on any atom is -0.784 e. The van der Waals surface area contributed by atoms with E-state index in [9.17, 15) is 20.0 Å². The summed E-state index contributed by atoms with van der Waals surface area (Å²) in [7, 11) is 0. The summed E-state index contributed by atoms with van der Waals surface area (Å²) in [6, 6.07) is 6.11. The third kappa shape index (κ3) is 3.99. The van der Waals surface area contributed by atoms with Gasteiger partial charge in [-0.05, 0) is 67.5 Å². The highest BCUT2D eigenvalue weighted by Crippen LogP contribution is 2.41. The molecule has 0 saturated carbocycles. The minimum absolute atomic E-state index is 0.171. The fraction of sp³-hybridized carbons (Fsp3) is 0.500. The lowest BCUT2D eigenvalue weighted by Crippen LogP contribution is -2.47. The summed E-state index contributed by atoms with van der Waals surface area (Å²) in [5.74, 6) is -0.948. The van der Waals surface area contributed by atoms with Crippen LogP contribution in [0.4, 0.5) is 0 Å². The van der Waals surface area contributed by atoms with Crippen LogP contribution in [-0.2, 0) is 9.59 Å². The van der Waals surface area contributed by atoms with Crippen molar-refractivity contribution in [2.24, 2.45) is 0 Å². The fourth-order valence-corrected chi connectivity index (χ4v) is 4.38. The number of carbonyl (C=O) groups excluding carboxylic acids is 2.